The second-order valence-corrected chi connectivity index (χ2v) is 7.71. The van der Waals surface area contributed by atoms with E-state index in [4.69, 9.17) is 9.15 Å². The van der Waals surface area contributed by atoms with E-state index in [1.165, 1.54) is 14.0 Å². The Hall–Kier alpha value is -3.55. The van der Waals surface area contributed by atoms with Crippen LogP contribution in [0.3, 0.4) is 0 Å². The van der Waals surface area contributed by atoms with Gasteiger partial charge in [0, 0.05) is 16.8 Å². The first-order valence-electron chi connectivity index (χ1n) is 10.3. The number of nitrogens with zero attached hydrogens (tertiary/aromatic N) is 1. The Morgan fingerprint density at radius 1 is 1.16 bits per heavy atom. The van der Waals surface area contributed by atoms with E-state index < -0.39 is 23.5 Å². The normalized spacial score (nSPS) is 16.6. The molecule has 3 aromatic rings. The number of amides is 4. The SMILES string of the molecule is CCC1(CC)NC(=O)N([C@H](C)C(=O)Nc2cc3oc4ccccc4c3cc2OC)C1=O. The first-order valence-corrected chi connectivity index (χ1v) is 10.3. The highest BCUT2D eigenvalue weighted by Crippen LogP contribution is 2.36. The summed E-state index contributed by atoms with van der Waals surface area (Å²) in [7, 11) is 1.51. The first kappa shape index (κ1) is 20.7. The molecular formula is C23H25N3O5. The van der Waals surface area contributed by atoms with E-state index in [-0.39, 0.29) is 5.91 Å². The molecule has 2 N–H and O–H groups in total. The molecule has 4 amide bonds. The monoisotopic (exact) mass is 423 g/mol. The summed E-state index contributed by atoms with van der Waals surface area (Å²) in [6, 6.07) is 9.56. The van der Waals surface area contributed by atoms with Crippen LogP contribution in [0.15, 0.2) is 40.8 Å². The topological polar surface area (TPSA) is 101 Å². The Labute approximate surface area is 179 Å². The van der Waals surface area contributed by atoms with Gasteiger partial charge in [-0.1, -0.05) is 32.0 Å². The maximum Gasteiger partial charge on any atom is 0.325 e. The lowest BCUT2D eigenvalue weighted by Gasteiger charge is -2.25. The quantitative estimate of drug-likeness (QED) is 0.583. The van der Waals surface area contributed by atoms with Crippen molar-refractivity contribution in [3.63, 3.8) is 0 Å². The summed E-state index contributed by atoms with van der Waals surface area (Å²) in [5.74, 6) is -0.432. The predicted octanol–water partition coefficient (Wildman–Crippen LogP) is 4.03. The van der Waals surface area contributed by atoms with E-state index in [1.54, 1.807) is 12.1 Å². The number of hydrogen-bond donors (Lipinski definition) is 2. The van der Waals surface area contributed by atoms with Gasteiger partial charge in [0.15, 0.2) is 0 Å². The summed E-state index contributed by atoms with van der Waals surface area (Å²) in [5.41, 5.74) is 0.758. The minimum atomic E-state index is -0.997. The lowest BCUT2D eigenvalue weighted by molar-refractivity contribution is -0.136. The van der Waals surface area contributed by atoms with Gasteiger partial charge in [-0.2, -0.15) is 0 Å². The highest BCUT2D eigenvalue weighted by Gasteiger charge is 2.51. The van der Waals surface area contributed by atoms with Crippen LogP contribution >= 0.6 is 0 Å². The van der Waals surface area contributed by atoms with Crippen LogP contribution in [0.2, 0.25) is 0 Å². The van der Waals surface area contributed by atoms with Crippen LogP contribution < -0.4 is 15.4 Å². The van der Waals surface area contributed by atoms with Crippen molar-refractivity contribution >= 4 is 45.5 Å². The largest absolute Gasteiger partial charge is 0.495 e. The molecule has 1 aliphatic rings. The number of ether oxygens (including phenoxy) is 1. The smallest absolute Gasteiger partial charge is 0.325 e. The standard InChI is InChI=1S/C23H25N3O5/c1-5-23(6-2)21(28)26(22(29)25-23)13(3)20(27)24-16-12-18-15(11-19(16)30-4)14-9-7-8-10-17(14)31-18/h7-13H,5-6H2,1-4H3,(H,24,27)(H,25,29)/t13-/m1/s1. The number of nitrogens with one attached hydrogen (secondary N) is 2. The Kier molecular flexibility index (Phi) is 5.08. The first-order chi connectivity index (χ1) is 14.8. The Morgan fingerprint density at radius 3 is 2.52 bits per heavy atom. The maximum atomic E-state index is 13.0. The number of hydrogen-bond acceptors (Lipinski definition) is 5. The fraction of sp³-hybridized carbons (Fsp3) is 0.348. The van der Waals surface area contributed by atoms with E-state index in [0.717, 1.165) is 21.3 Å². The van der Waals surface area contributed by atoms with Gasteiger partial charge in [-0.3, -0.25) is 9.59 Å². The van der Waals surface area contributed by atoms with Crippen molar-refractivity contribution in [2.45, 2.75) is 45.2 Å². The molecule has 1 aliphatic heterocycles. The zero-order valence-electron chi connectivity index (χ0n) is 17.9. The van der Waals surface area contributed by atoms with Crippen molar-refractivity contribution in [1.29, 1.82) is 0 Å². The molecule has 1 aromatic heterocycles. The van der Waals surface area contributed by atoms with Crippen molar-refractivity contribution in [2.24, 2.45) is 0 Å². The maximum absolute atomic E-state index is 13.0. The third kappa shape index (κ3) is 3.19. The number of urea groups is 1. The van der Waals surface area contributed by atoms with Gasteiger partial charge in [0.1, 0.15) is 28.5 Å². The molecule has 0 bridgehead atoms. The fourth-order valence-electron chi connectivity index (χ4n) is 4.09. The number of rotatable bonds is 6. The number of carbonyl (C=O) groups excluding carboxylic acids is 3. The zero-order valence-corrected chi connectivity index (χ0v) is 17.9. The van der Waals surface area contributed by atoms with E-state index in [2.05, 4.69) is 10.6 Å². The van der Waals surface area contributed by atoms with Crippen molar-refractivity contribution in [2.75, 3.05) is 12.4 Å². The molecule has 31 heavy (non-hydrogen) atoms. The predicted molar refractivity (Wildman–Crippen MR) is 117 cm³/mol. The number of furan rings is 1. The average molecular weight is 423 g/mol. The van der Waals surface area contributed by atoms with Crippen molar-refractivity contribution in [1.82, 2.24) is 10.2 Å². The zero-order chi connectivity index (χ0) is 22.3. The van der Waals surface area contributed by atoms with Crippen LogP contribution in [-0.4, -0.2) is 41.4 Å². The Bertz CT molecular complexity index is 1190. The molecule has 8 nitrogen and oxygen atoms in total. The average Bonchev–Trinajstić information content (AvgIpc) is 3.26. The van der Waals surface area contributed by atoms with Crippen LogP contribution in [0.5, 0.6) is 5.75 Å². The van der Waals surface area contributed by atoms with Gasteiger partial charge in [0.2, 0.25) is 5.91 Å². The summed E-state index contributed by atoms with van der Waals surface area (Å²) >= 11 is 0. The van der Waals surface area contributed by atoms with E-state index in [9.17, 15) is 14.4 Å². The molecule has 0 unspecified atom stereocenters. The van der Waals surface area contributed by atoms with E-state index in [0.29, 0.717) is 29.9 Å². The molecule has 0 aliphatic carbocycles. The Balaban J connectivity index is 1.64. The molecule has 162 valence electrons. The lowest BCUT2D eigenvalue weighted by atomic mass is 9.93. The van der Waals surface area contributed by atoms with Gasteiger partial charge in [0.25, 0.3) is 5.91 Å². The van der Waals surface area contributed by atoms with E-state index >= 15 is 0 Å². The molecule has 1 fully saturated rings. The van der Waals surface area contributed by atoms with Crippen LogP contribution in [0.4, 0.5) is 10.5 Å². The summed E-state index contributed by atoms with van der Waals surface area (Å²) < 4.78 is 11.4. The molecule has 1 saturated heterocycles. The summed E-state index contributed by atoms with van der Waals surface area (Å²) in [5, 5.41) is 7.33. The van der Waals surface area contributed by atoms with Gasteiger partial charge in [-0.15, -0.1) is 0 Å². The second kappa shape index (κ2) is 7.61. The highest BCUT2D eigenvalue weighted by atomic mass is 16.5. The number of imide groups is 1. The van der Waals surface area contributed by atoms with Crippen molar-refractivity contribution in [3.05, 3.63) is 36.4 Å². The molecule has 2 aromatic carbocycles. The molecule has 0 radical (unpaired) electrons. The molecule has 8 heteroatoms. The van der Waals surface area contributed by atoms with Gasteiger partial charge in [0.05, 0.1) is 12.8 Å². The third-order valence-electron chi connectivity index (χ3n) is 6.12. The number of methoxy groups -OCH3 is 1. The number of benzene rings is 2. The van der Waals surface area contributed by atoms with Gasteiger partial charge in [-0.25, -0.2) is 9.69 Å². The molecule has 4 rings (SSSR count). The van der Waals surface area contributed by atoms with Crippen LogP contribution in [0.25, 0.3) is 21.9 Å². The molecule has 0 spiro atoms. The Morgan fingerprint density at radius 2 is 1.87 bits per heavy atom. The van der Waals surface area contributed by atoms with Crippen LogP contribution in [-0.2, 0) is 9.59 Å². The third-order valence-corrected chi connectivity index (χ3v) is 6.12. The van der Waals surface area contributed by atoms with Crippen LogP contribution in [0.1, 0.15) is 33.6 Å². The van der Waals surface area contributed by atoms with Crippen LogP contribution in [0, 0.1) is 0 Å². The second-order valence-electron chi connectivity index (χ2n) is 7.71. The molecule has 1 atom stereocenters. The molecule has 2 heterocycles. The highest BCUT2D eigenvalue weighted by molar-refractivity contribution is 6.12. The van der Waals surface area contributed by atoms with Crippen molar-refractivity contribution < 1.29 is 23.5 Å². The molecule has 0 saturated carbocycles. The van der Waals surface area contributed by atoms with E-state index in [1.807, 2.05) is 38.1 Å². The van der Waals surface area contributed by atoms with Gasteiger partial charge < -0.3 is 19.8 Å². The number of para-hydroxylation sites is 1. The van der Waals surface area contributed by atoms with Gasteiger partial charge in [-0.05, 0) is 31.9 Å². The fourth-order valence-corrected chi connectivity index (χ4v) is 4.09. The number of fused-ring (bicyclic) bond motifs is 3. The molecular weight excluding hydrogens is 398 g/mol. The summed E-state index contributed by atoms with van der Waals surface area (Å²) in [4.78, 5) is 39.4. The number of carbonyl (C=O) groups is 3. The minimum absolute atomic E-state index is 0.384. The summed E-state index contributed by atoms with van der Waals surface area (Å²) in [6.45, 7) is 5.20. The van der Waals surface area contributed by atoms with Crippen molar-refractivity contribution in [3.8, 4) is 5.75 Å². The number of anilines is 1. The summed E-state index contributed by atoms with van der Waals surface area (Å²) in [6.07, 6.45) is 0.908. The lowest BCUT2D eigenvalue weighted by Crippen LogP contribution is -2.49. The van der Waals surface area contributed by atoms with Gasteiger partial charge >= 0.3 is 6.03 Å². The minimum Gasteiger partial charge on any atom is -0.495 e.